The molecule has 2 aliphatic carbocycles. The van der Waals surface area contributed by atoms with Crippen molar-refractivity contribution in [2.24, 2.45) is 11.8 Å². The molecular weight excluding hydrogens is 224 g/mol. The third kappa shape index (κ3) is 1.96. The van der Waals surface area contributed by atoms with Gasteiger partial charge in [0.2, 0.25) is 0 Å². The number of hydrogen-bond acceptors (Lipinski definition) is 2. The monoisotopic (exact) mass is 242 g/mol. The number of hydrogen-bond donors (Lipinski definition) is 0. The molecule has 1 aromatic rings. The van der Waals surface area contributed by atoms with Crippen LogP contribution in [0.5, 0.6) is 0 Å². The van der Waals surface area contributed by atoms with Gasteiger partial charge in [0.1, 0.15) is 6.61 Å². The van der Waals surface area contributed by atoms with E-state index in [1.54, 1.807) is 0 Å². The highest BCUT2D eigenvalue weighted by Gasteiger charge is 2.40. The molecule has 94 valence electrons. The number of carbonyl (C=O) groups is 1. The molecule has 18 heavy (non-hydrogen) atoms. The highest BCUT2D eigenvalue weighted by atomic mass is 16.5. The van der Waals surface area contributed by atoms with Crippen molar-refractivity contribution in [3.8, 4) is 0 Å². The maximum atomic E-state index is 12.1. The van der Waals surface area contributed by atoms with Gasteiger partial charge < -0.3 is 4.74 Å². The molecule has 2 nitrogen and oxygen atoms in total. The molecule has 0 radical (unpaired) electrons. The normalized spacial score (nSPS) is 25.6. The molecule has 0 aromatic heterocycles. The van der Waals surface area contributed by atoms with Crippen LogP contribution in [0.25, 0.3) is 0 Å². The van der Waals surface area contributed by atoms with Crippen molar-refractivity contribution in [3.05, 3.63) is 47.0 Å². The van der Waals surface area contributed by atoms with Crippen molar-refractivity contribution in [1.82, 2.24) is 0 Å². The number of benzene rings is 1. The van der Waals surface area contributed by atoms with Crippen molar-refractivity contribution >= 4 is 5.97 Å². The Bertz CT molecular complexity index is 487. The van der Waals surface area contributed by atoms with Crippen molar-refractivity contribution < 1.29 is 9.53 Å². The third-order valence-corrected chi connectivity index (χ3v) is 4.31. The van der Waals surface area contributed by atoms with Crippen LogP contribution in [0.1, 0.15) is 31.7 Å². The molecule has 2 heteroatoms. The lowest BCUT2D eigenvalue weighted by Gasteiger charge is -2.16. The highest BCUT2D eigenvalue weighted by molar-refractivity contribution is 5.91. The first-order valence-corrected chi connectivity index (χ1v) is 6.67. The molecule has 0 saturated heterocycles. The second-order valence-corrected chi connectivity index (χ2v) is 5.37. The molecular formula is C16H18O2. The predicted molar refractivity (Wildman–Crippen MR) is 69.8 cm³/mol. The van der Waals surface area contributed by atoms with Gasteiger partial charge in [-0.05, 0) is 43.6 Å². The maximum absolute atomic E-state index is 12.1. The highest BCUT2D eigenvalue weighted by Crippen LogP contribution is 2.48. The largest absolute Gasteiger partial charge is 0.457 e. The van der Waals surface area contributed by atoms with E-state index in [0.29, 0.717) is 18.4 Å². The van der Waals surface area contributed by atoms with Crippen LogP contribution >= 0.6 is 0 Å². The van der Waals surface area contributed by atoms with E-state index in [2.05, 4.69) is 6.92 Å². The molecule has 3 rings (SSSR count). The molecule has 2 atom stereocenters. The lowest BCUT2D eigenvalue weighted by molar-refractivity contribution is -0.140. The summed E-state index contributed by atoms with van der Waals surface area (Å²) in [6, 6.07) is 9.86. The predicted octanol–water partition coefficient (Wildman–Crippen LogP) is 3.48. The zero-order valence-electron chi connectivity index (χ0n) is 10.7. The lowest BCUT2D eigenvalue weighted by atomic mass is 9.93. The van der Waals surface area contributed by atoms with Crippen LogP contribution in [-0.2, 0) is 16.1 Å². The molecule has 2 unspecified atom stereocenters. The van der Waals surface area contributed by atoms with Gasteiger partial charge in [0.05, 0.1) is 0 Å². The van der Waals surface area contributed by atoms with Gasteiger partial charge in [-0.25, -0.2) is 4.79 Å². The molecule has 0 heterocycles. The van der Waals surface area contributed by atoms with Crippen LogP contribution in [0.4, 0.5) is 0 Å². The van der Waals surface area contributed by atoms with Gasteiger partial charge in [0, 0.05) is 5.57 Å². The van der Waals surface area contributed by atoms with Crippen molar-refractivity contribution in [1.29, 1.82) is 0 Å². The minimum atomic E-state index is -0.0939. The molecule has 1 aromatic carbocycles. The van der Waals surface area contributed by atoms with Gasteiger partial charge in [0.15, 0.2) is 0 Å². The number of ether oxygens (including phenoxy) is 1. The number of fused-ring (bicyclic) bond motifs is 2. The fourth-order valence-corrected chi connectivity index (χ4v) is 3.31. The zero-order chi connectivity index (χ0) is 12.5. The number of allylic oxidation sites excluding steroid dienone is 1. The van der Waals surface area contributed by atoms with Gasteiger partial charge in [-0.3, -0.25) is 0 Å². The third-order valence-electron chi connectivity index (χ3n) is 4.31. The quantitative estimate of drug-likeness (QED) is 0.758. The molecule has 0 spiro atoms. The van der Waals surface area contributed by atoms with Gasteiger partial charge in [0.25, 0.3) is 0 Å². The molecule has 1 fully saturated rings. The minimum absolute atomic E-state index is 0.0939. The summed E-state index contributed by atoms with van der Waals surface area (Å²) < 4.78 is 5.44. The number of rotatable bonds is 3. The van der Waals surface area contributed by atoms with Crippen molar-refractivity contribution in [2.75, 3.05) is 0 Å². The Morgan fingerprint density at radius 2 is 1.94 bits per heavy atom. The van der Waals surface area contributed by atoms with Gasteiger partial charge in [-0.15, -0.1) is 0 Å². The first-order valence-electron chi connectivity index (χ1n) is 6.67. The Labute approximate surface area is 108 Å². The van der Waals surface area contributed by atoms with Crippen LogP contribution in [0.15, 0.2) is 41.5 Å². The van der Waals surface area contributed by atoms with Crippen LogP contribution in [0.3, 0.4) is 0 Å². The second kappa shape index (κ2) is 4.60. The SMILES string of the molecule is CC1=C(C(=O)OCc2ccccc2)C2CCC1C2. The molecule has 2 bridgehead atoms. The Balaban J connectivity index is 1.66. The summed E-state index contributed by atoms with van der Waals surface area (Å²) >= 11 is 0. The van der Waals surface area contributed by atoms with Crippen LogP contribution in [-0.4, -0.2) is 5.97 Å². The number of esters is 1. The van der Waals surface area contributed by atoms with E-state index >= 15 is 0 Å². The van der Waals surface area contributed by atoms with E-state index in [9.17, 15) is 4.79 Å². The average Bonchev–Trinajstić information content (AvgIpc) is 2.98. The molecule has 0 aliphatic heterocycles. The molecule has 2 aliphatic rings. The van der Waals surface area contributed by atoms with Crippen molar-refractivity contribution in [3.63, 3.8) is 0 Å². The summed E-state index contributed by atoms with van der Waals surface area (Å²) in [6.07, 6.45) is 3.59. The topological polar surface area (TPSA) is 26.3 Å². The Hall–Kier alpha value is -1.57. The van der Waals surface area contributed by atoms with Crippen LogP contribution in [0.2, 0.25) is 0 Å². The Morgan fingerprint density at radius 3 is 2.61 bits per heavy atom. The summed E-state index contributed by atoms with van der Waals surface area (Å²) in [4.78, 5) is 12.1. The summed E-state index contributed by atoms with van der Waals surface area (Å²) in [6.45, 7) is 2.48. The summed E-state index contributed by atoms with van der Waals surface area (Å²) in [5.41, 5.74) is 3.30. The van der Waals surface area contributed by atoms with Gasteiger partial charge >= 0.3 is 5.97 Å². The maximum Gasteiger partial charge on any atom is 0.334 e. The summed E-state index contributed by atoms with van der Waals surface area (Å²) in [5, 5.41) is 0. The van der Waals surface area contributed by atoms with E-state index in [1.807, 2.05) is 30.3 Å². The minimum Gasteiger partial charge on any atom is -0.457 e. The van der Waals surface area contributed by atoms with E-state index in [1.165, 1.54) is 18.4 Å². The lowest BCUT2D eigenvalue weighted by Crippen LogP contribution is -2.15. The smallest absolute Gasteiger partial charge is 0.334 e. The molecule has 0 amide bonds. The van der Waals surface area contributed by atoms with E-state index < -0.39 is 0 Å². The van der Waals surface area contributed by atoms with E-state index in [0.717, 1.165) is 17.6 Å². The fourth-order valence-electron chi connectivity index (χ4n) is 3.31. The first kappa shape index (κ1) is 11.5. The Morgan fingerprint density at radius 1 is 1.22 bits per heavy atom. The fraction of sp³-hybridized carbons (Fsp3) is 0.438. The standard InChI is InChI=1S/C16H18O2/c1-11-13-7-8-14(9-13)15(11)16(17)18-10-12-5-3-2-4-6-12/h2-6,13-14H,7-10H2,1H3. The number of carbonyl (C=O) groups excluding carboxylic acids is 1. The molecule has 1 saturated carbocycles. The second-order valence-electron chi connectivity index (χ2n) is 5.37. The first-order chi connectivity index (χ1) is 8.75. The van der Waals surface area contributed by atoms with E-state index in [-0.39, 0.29) is 5.97 Å². The van der Waals surface area contributed by atoms with Crippen LogP contribution in [0, 0.1) is 11.8 Å². The van der Waals surface area contributed by atoms with Crippen LogP contribution < -0.4 is 0 Å². The average molecular weight is 242 g/mol. The zero-order valence-corrected chi connectivity index (χ0v) is 10.7. The van der Waals surface area contributed by atoms with Crippen molar-refractivity contribution in [2.45, 2.75) is 32.8 Å². The van der Waals surface area contributed by atoms with Gasteiger partial charge in [-0.2, -0.15) is 0 Å². The van der Waals surface area contributed by atoms with E-state index in [4.69, 9.17) is 4.74 Å². The summed E-state index contributed by atoms with van der Waals surface area (Å²) in [7, 11) is 0. The molecule has 0 N–H and O–H groups in total. The Kier molecular flexibility index (Phi) is 2.94. The van der Waals surface area contributed by atoms with Gasteiger partial charge in [-0.1, -0.05) is 35.9 Å². The summed E-state index contributed by atoms with van der Waals surface area (Å²) in [5.74, 6) is 1.02.